The van der Waals surface area contributed by atoms with Gasteiger partial charge in [0.1, 0.15) is 29.9 Å². The normalized spacial score (nSPS) is 25.0. The van der Waals surface area contributed by atoms with Gasteiger partial charge in [-0.1, -0.05) is 42.5 Å². The van der Waals surface area contributed by atoms with Crippen LogP contribution in [0.1, 0.15) is 46.8 Å². The summed E-state index contributed by atoms with van der Waals surface area (Å²) in [4.78, 5) is 45.9. The molecule has 3 aliphatic heterocycles. The maximum atomic E-state index is 12.7. The molecule has 5 rings (SSSR count). The van der Waals surface area contributed by atoms with E-state index in [2.05, 4.69) is 46.4 Å². The van der Waals surface area contributed by atoms with Gasteiger partial charge in [-0.05, 0) is 67.3 Å². The summed E-state index contributed by atoms with van der Waals surface area (Å²) in [6, 6.07) is 14.2. The van der Waals surface area contributed by atoms with Crippen LogP contribution in [-0.2, 0) is 32.0 Å². The third kappa shape index (κ3) is 10.1. The Bertz CT molecular complexity index is 1440. The minimum Gasteiger partial charge on any atom is -0.387 e. The fraction of sp³-hybridized carbons (Fsp3) is 0.595. The number of likely N-dealkylation sites (N-methyl/N-ethyl adjacent to an activating group) is 1. The van der Waals surface area contributed by atoms with Crippen molar-refractivity contribution in [1.29, 1.82) is 0 Å². The number of ether oxygens (including phenoxy) is 1. The topological polar surface area (TPSA) is 146 Å². The van der Waals surface area contributed by atoms with Gasteiger partial charge in [-0.3, -0.25) is 19.3 Å². The van der Waals surface area contributed by atoms with E-state index in [4.69, 9.17) is 4.74 Å². The summed E-state index contributed by atoms with van der Waals surface area (Å²) in [5.74, 6) is -0.0808. The van der Waals surface area contributed by atoms with Crippen molar-refractivity contribution in [1.82, 2.24) is 24.9 Å². The first kappa shape index (κ1) is 38.2. The summed E-state index contributed by atoms with van der Waals surface area (Å²) >= 11 is 1.30. The molecule has 3 heterocycles. The average molecular weight is 712 g/mol. The van der Waals surface area contributed by atoms with Crippen LogP contribution < -0.4 is 5.32 Å². The van der Waals surface area contributed by atoms with E-state index in [1.165, 1.54) is 11.8 Å². The van der Waals surface area contributed by atoms with E-state index in [1.807, 2.05) is 30.0 Å². The maximum absolute atomic E-state index is 12.7. The van der Waals surface area contributed by atoms with Crippen molar-refractivity contribution >= 4 is 29.5 Å². The quantitative estimate of drug-likeness (QED) is 0.249. The Morgan fingerprint density at radius 2 is 1.48 bits per heavy atom. The van der Waals surface area contributed by atoms with Crippen LogP contribution in [0.15, 0.2) is 42.5 Å². The Morgan fingerprint density at radius 3 is 2.16 bits per heavy atom. The van der Waals surface area contributed by atoms with Gasteiger partial charge in [-0.15, -0.1) is 11.8 Å². The predicted octanol–water partition coefficient (Wildman–Crippen LogP) is 0.786. The molecule has 0 unspecified atom stereocenters. The van der Waals surface area contributed by atoms with Gasteiger partial charge in [0.05, 0.1) is 13.1 Å². The van der Waals surface area contributed by atoms with Crippen LogP contribution in [0.25, 0.3) is 0 Å². The monoisotopic (exact) mass is 711 g/mol. The third-order valence-electron chi connectivity index (χ3n) is 10.2. The number of nitrogens with one attached hydrogen (secondary N) is 1. The van der Waals surface area contributed by atoms with Gasteiger partial charge in [0.25, 0.3) is 0 Å². The van der Waals surface area contributed by atoms with Crippen LogP contribution in [0.3, 0.4) is 0 Å². The molecule has 0 bridgehead atoms. The lowest BCUT2D eigenvalue weighted by molar-refractivity contribution is -0.200. The molecule has 12 nitrogen and oxygen atoms in total. The lowest BCUT2D eigenvalue weighted by atomic mass is 9.91. The zero-order chi connectivity index (χ0) is 35.8. The van der Waals surface area contributed by atoms with Gasteiger partial charge < -0.3 is 40.1 Å². The number of nitrogens with zero attached hydrogens (tertiary/aromatic N) is 4. The highest BCUT2D eigenvalue weighted by Crippen LogP contribution is 2.36. The molecular weight excluding hydrogens is 659 g/mol. The highest BCUT2D eigenvalue weighted by atomic mass is 32.2. The van der Waals surface area contributed by atoms with Crippen LogP contribution in [0, 0.1) is 6.92 Å². The van der Waals surface area contributed by atoms with Crippen LogP contribution in [0.4, 0.5) is 0 Å². The Labute approximate surface area is 299 Å². The number of aliphatic hydroxyl groups excluding tert-OH is 3. The Hall–Kier alpha value is -3.04. The molecule has 0 aromatic heterocycles. The molecule has 3 aliphatic rings. The van der Waals surface area contributed by atoms with Crippen LogP contribution in [0.2, 0.25) is 0 Å². The minimum absolute atomic E-state index is 0.0130. The molecule has 2 aromatic rings. The molecule has 0 radical (unpaired) electrons. The molecule has 0 spiro atoms. The van der Waals surface area contributed by atoms with Crippen molar-refractivity contribution in [3.8, 4) is 0 Å². The van der Waals surface area contributed by atoms with Crippen LogP contribution in [0.5, 0.6) is 0 Å². The average Bonchev–Trinajstić information content (AvgIpc) is 3.12. The summed E-state index contributed by atoms with van der Waals surface area (Å²) in [6.45, 7) is 8.15. The number of amides is 3. The van der Waals surface area contributed by atoms with Crippen molar-refractivity contribution in [3.63, 3.8) is 0 Å². The lowest BCUT2D eigenvalue weighted by Gasteiger charge is -2.40. The van der Waals surface area contributed by atoms with Crippen molar-refractivity contribution in [2.24, 2.45) is 0 Å². The first-order valence-electron chi connectivity index (χ1n) is 17.6. The summed E-state index contributed by atoms with van der Waals surface area (Å²) in [5.41, 5.74) is 4.55. The van der Waals surface area contributed by atoms with E-state index >= 15 is 0 Å². The molecule has 50 heavy (non-hydrogen) atoms. The van der Waals surface area contributed by atoms with E-state index in [9.17, 15) is 29.7 Å². The molecule has 0 aliphatic carbocycles. The van der Waals surface area contributed by atoms with Crippen molar-refractivity contribution in [2.45, 2.75) is 62.5 Å². The van der Waals surface area contributed by atoms with Gasteiger partial charge in [-0.25, -0.2) is 0 Å². The van der Waals surface area contributed by atoms with E-state index in [-0.39, 0.29) is 24.3 Å². The summed E-state index contributed by atoms with van der Waals surface area (Å²) < 4.78 is 5.96. The fourth-order valence-electron chi connectivity index (χ4n) is 6.75. The molecular formula is C37H53N5O7S. The number of rotatable bonds is 12. The molecule has 3 fully saturated rings. The van der Waals surface area contributed by atoms with E-state index in [1.54, 1.807) is 11.2 Å². The maximum Gasteiger partial charge on any atom is 0.242 e. The lowest BCUT2D eigenvalue weighted by Crippen LogP contribution is -2.54. The zero-order valence-corrected chi connectivity index (χ0v) is 30.3. The second-order valence-corrected chi connectivity index (χ2v) is 14.7. The minimum atomic E-state index is -1.29. The Morgan fingerprint density at radius 1 is 0.840 bits per heavy atom. The number of hydrogen-bond donors (Lipinski definition) is 4. The molecule has 3 amide bonds. The number of aliphatic hydroxyl groups is 3. The highest BCUT2D eigenvalue weighted by molar-refractivity contribution is 7.99. The number of carbonyl (C=O) groups is 3. The second-order valence-electron chi connectivity index (χ2n) is 13.8. The van der Waals surface area contributed by atoms with Crippen molar-refractivity contribution in [2.75, 3.05) is 78.8 Å². The number of hydrogen-bond acceptors (Lipinski definition) is 10. The largest absolute Gasteiger partial charge is 0.387 e. The number of benzene rings is 2. The second kappa shape index (κ2) is 17.9. The fourth-order valence-corrected chi connectivity index (χ4v) is 7.42. The van der Waals surface area contributed by atoms with Gasteiger partial charge in [-0.2, -0.15) is 0 Å². The molecule has 274 valence electrons. The molecule has 4 N–H and O–H groups in total. The number of piperazine rings is 2. The smallest absolute Gasteiger partial charge is 0.242 e. The summed E-state index contributed by atoms with van der Waals surface area (Å²) in [7, 11) is 2.07. The Balaban J connectivity index is 1.00. The number of thioether (sulfide) groups is 1. The number of carbonyl (C=O) groups excluding carboxylic acids is 3. The first-order valence-corrected chi connectivity index (χ1v) is 18.9. The SMILES string of the molecule is CS[C@H]1O[C@@H](c2ccc(C)c(Cc3ccc(CCCC(=O)NCC(=O)N4CCN(CC(=O)N5CCN(C)CC5)CC4)cc3)c2)[C@H](O)[C@@H](O)[C@@H]1O. The van der Waals surface area contributed by atoms with Gasteiger partial charge >= 0.3 is 0 Å². The van der Waals surface area contributed by atoms with Gasteiger partial charge in [0, 0.05) is 58.8 Å². The van der Waals surface area contributed by atoms with Crippen LogP contribution in [-0.4, -0.2) is 155 Å². The predicted molar refractivity (Wildman–Crippen MR) is 193 cm³/mol. The van der Waals surface area contributed by atoms with E-state index < -0.39 is 29.9 Å². The summed E-state index contributed by atoms with van der Waals surface area (Å²) in [6.07, 6.45) is -0.203. The van der Waals surface area contributed by atoms with Crippen molar-refractivity contribution in [3.05, 3.63) is 70.3 Å². The van der Waals surface area contributed by atoms with Gasteiger partial charge in [0.2, 0.25) is 17.7 Å². The zero-order valence-electron chi connectivity index (χ0n) is 29.5. The Kier molecular flexibility index (Phi) is 13.7. The van der Waals surface area contributed by atoms with Gasteiger partial charge in [0.15, 0.2) is 0 Å². The molecule has 5 atom stereocenters. The highest BCUT2D eigenvalue weighted by Gasteiger charge is 2.44. The van der Waals surface area contributed by atoms with E-state index in [0.29, 0.717) is 52.0 Å². The van der Waals surface area contributed by atoms with Crippen molar-refractivity contribution < 1.29 is 34.4 Å². The molecule has 0 saturated carbocycles. The first-order chi connectivity index (χ1) is 24.0. The van der Waals surface area contributed by atoms with Crippen LogP contribution >= 0.6 is 11.8 Å². The van der Waals surface area contributed by atoms with E-state index in [0.717, 1.165) is 60.4 Å². The molecule has 13 heteroatoms. The third-order valence-corrected chi connectivity index (χ3v) is 11.0. The molecule has 3 saturated heterocycles. The standard InChI is InChI=1S/C37H53N5O7S/c1-25-7-12-28(36-34(47)33(46)35(48)37(49-36)50-3)22-29(25)21-27-10-8-26(9-11-27)5-4-6-30(43)38-23-31(44)41-19-15-40(16-20-41)24-32(45)42-17-13-39(2)14-18-42/h7-12,22,33-37,46-48H,4-6,13-21,23-24H2,1-3H3,(H,38,43)/t33-,34-,35+,36+,37-/m1/s1. The molecule has 2 aromatic carbocycles. The summed E-state index contributed by atoms with van der Waals surface area (Å²) in [5, 5.41) is 34.0. The number of aryl methyl sites for hydroxylation is 2.